The summed E-state index contributed by atoms with van der Waals surface area (Å²) in [5.74, 6) is -2.82. The number of benzene rings is 1. The summed E-state index contributed by atoms with van der Waals surface area (Å²) in [6, 6.07) is 3.80. The average molecular weight is 346 g/mol. The SMILES string of the molecule is CCOCCCN(CC(C)C(=O)O)C(=O)c1ccc(Cl)c(F)c1. The van der Waals surface area contributed by atoms with Gasteiger partial charge in [0.15, 0.2) is 0 Å². The molecule has 23 heavy (non-hydrogen) atoms. The lowest BCUT2D eigenvalue weighted by Crippen LogP contribution is -2.38. The standard InChI is InChI=1S/C16H21ClFNO4/c1-3-23-8-4-7-19(10-11(2)16(21)22)15(20)12-5-6-13(17)14(18)9-12/h5-6,9,11H,3-4,7-8,10H2,1-2H3,(H,21,22). The van der Waals surface area contributed by atoms with Gasteiger partial charge in [-0.1, -0.05) is 18.5 Å². The van der Waals surface area contributed by atoms with Gasteiger partial charge in [-0.3, -0.25) is 9.59 Å². The first-order valence-electron chi connectivity index (χ1n) is 7.41. The zero-order valence-corrected chi connectivity index (χ0v) is 14.0. The van der Waals surface area contributed by atoms with Crippen molar-refractivity contribution in [1.29, 1.82) is 0 Å². The number of hydrogen-bond donors (Lipinski definition) is 1. The molecular formula is C16H21ClFNO4. The van der Waals surface area contributed by atoms with Crippen LogP contribution in [0.25, 0.3) is 0 Å². The van der Waals surface area contributed by atoms with Crippen molar-refractivity contribution in [3.63, 3.8) is 0 Å². The molecule has 0 radical (unpaired) electrons. The van der Waals surface area contributed by atoms with Crippen LogP contribution in [-0.2, 0) is 9.53 Å². The number of ether oxygens (including phenoxy) is 1. The Balaban J connectivity index is 2.85. The van der Waals surface area contributed by atoms with E-state index in [9.17, 15) is 14.0 Å². The van der Waals surface area contributed by atoms with Crippen molar-refractivity contribution in [3.05, 3.63) is 34.6 Å². The molecule has 7 heteroatoms. The first kappa shape index (κ1) is 19.4. The number of nitrogens with zero attached hydrogens (tertiary/aromatic N) is 1. The largest absolute Gasteiger partial charge is 0.481 e. The molecule has 128 valence electrons. The van der Waals surface area contributed by atoms with Crippen molar-refractivity contribution in [2.45, 2.75) is 20.3 Å². The maximum absolute atomic E-state index is 13.5. The monoisotopic (exact) mass is 345 g/mol. The fraction of sp³-hybridized carbons (Fsp3) is 0.500. The molecule has 1 aromatic rings. The summed E-state index contributed by atoms with van der Waals surface area (Å²) >= 11 is 5.62. The number of carboxylic acid groups (broad SMARTS) is 1. The van der Waals surface area contributed by atoms with E-state index in [2.05, 4.69) is 0 Å². The minimum atomic E-state index is -0.991. The Morgan fingerprint density at radius 1 is 1.43 bits per heavy atom. The molecule has 0 aliphatic carbocycles. The molecule has 1 aromatic carbocycles. The minimum absolute atomic E-state index is 0.0462. The molecule has 1 rings (SSSR count). The van der Waals surface area contributed by atoms with Crippen LogP contribution in [0.2, 0.25) is 5.02 Å². The Morgan fingerprint density at radius 2 is 2.13 bits per heavy atom. The van der Waals surface area contributed by atoms with Crippen LogP contribution < -0.4 is 0 Å². The summed E-state index contributed by atoms with van der Waals surface area (Å²) < 4.78 is 18.8. The number of carboxylic acids is 1. The van der Waals surface area contributed by atoms with Gasteiger partial charge in [0.05, 0.1) is 10.9 Å². The fourth-order valence-electron chi connectivity index (χ4n) is 2.00. The molecule has 0 aliphatic heterocycles. The summed E-state index contributed by atoms with van der Waals surface area (Å²) in [4.78, 5) is 24.9. The van der Waals surface area contributed by atoms with Crippen molar-refractivity contribution in [3.8, 4) is 0 Å². The molecule has 5 nitrogen and oxygen atoms in total. The van der Waals surface area contributed by atoms with Gasteiger partial charge in [0, 0.05) is 31.9 Å². The summed E-state index contributed by atoms with van der Waals surface area (Å²) in [7, 11) is 0. The third-order valence-electron chi connectivity index (χ3n) is 3.29. The smallest absolute Gasteiger partial charge is 0.308 e. The zero-order valence-electron chi connectivity index (χ0n) is 13.2. The number of rotatable bonds is 9. The van der Waals surface area contributed by atoms with E-state index >= 15 is 0 Å². The maximum Gasteiger partial charge on any atom is 0.308 e. The van der Waals surface area contributed by atoms with Crippen molar-refractivity contribution >= 4 is 23.5 Å². The molecule has 1 N–H and O–H groups in total. The normalized spacial score (nSPS) is 12.0. The predicted octanol–water partition coefficient (Wildman–Crippen LogP) is 3.07. The highest BCUT2D eigenvalue weighted by atomic mass is 35.5. The van der Waals surface area contributed by atoms with Gasteiger partial charge in [-0.2, -0.15) is 0 Å². The Bertz CT molecular complexity index is 553. The molecule has 0 spiro atoms. The van der Waals surface area contributed by atoms with Crippen molar-refractivity contribution in [1.82, 2.24) is 4.90 Å². The van der Waals surface area contributed by atoms with E-state index in [0.29, 0.717) is 26.2 Å². The van der Waals surface area contributed by atoms with Gasteiger partial charge < -0.3 is 14.7 Å². The quantitative estimate of drug-likeness (QED) is 0.698. The molecule has 0 bridgehead atoms. The lowest BCUT2D eigenvalue weighted by atomic mass is 10.1. The molecule has 0 aliphatic rings. The summed E-state index contributed by atoms with van der Waals surface area (Å²) in [5, 5.41) is 8.97. The summed E-state index contributed by atoms with van der Waals surface area (Å²) in [6.07, 6.45) is 0.571. The number of aliphatic carboxylic acids is 1. The van der Waals surface area contributed by atoms with E-state index in [0.717, 1.165) is 6.07 Å². The molecule has 1 amide bonds. The minimum Gasteiger partial charge on any atom is -0.481 e. The van der Waals surface area contributed by atoms with Crippen LogP contribution >= 0.6 is 11.6 Å². The van der Waals surface area contributed by atoms with Crippen LogP contribution in [0.5, 0.6) is 0 Å². The highest BCUT2D eigenvalue weighted by Gasteiger charge is 2.22. The third kappa shape index (κ3) is 6.15. The molecule has 1 unspecified atom stereocenters. The van der Waals surface area contributed by atoms with Crippen LogP contribution in [0.4, 0.5) is 4.39 Å². The Hall–Kier alpha value is -1.66. The van der Waals surface area contributed by atoms with Gasteiger partial charge in [0.25, 0.3) is 5.91 Å². The second kappa shape index (κ2) is 9.47. The van der Waals surface area contributed by atoms with Crippen LogP contribution in [0, 0.1) is 11.7 Å². The van der Waals surface area contributed by atoms with E-state index in [4.69, 9.17) is 21.4 Å². The van der Waals surface area contributed by atoms with Crippen LogP contribution in [0.1, 0.15) is 30.6 Å². The number of carbonyl (C=O) groups excluding carboxylic acids is 1. The molecule has 0 saturated heterocycles. The highest BCUT2D eigenvalue weighted by molar-refractivity contribution is 6.30. The molecule has 0 fully saturated rings. The van der Waals surface area contributed by atoms with Crippen LogP contribution in [0.3, 0.4) is 0 Å². The third-order valence-corrected chi connectivity index (χ3v) is 3.60. The topological polar surface area (TPSA) is 66.8 Å². The lowest BCUT2D eigenvalue weighted by Gasteiger charge is -2.24. The maximum atomic E-state index is 13.5. The second-order valence-corrected chi connectivity index (χ2v) is 5.58. The first-order chi connectivity index (χ1) is 10.9. The number of hydrogen-bond acceptors (Lipinski definition) is 3. The Labute approximate surface area is 140 Å². The van der Waals surface area contributed by atoms with Gasteiger partial charge in [-0.05, 0) is 31.5 Å². The van der Waals surface area contributed by atoms with E-state index in [1.54, 1.807) is 0 Å². The van der Waals surface area contributed by atoms with Gasteiger partial charge in [0.2, 0.25) is 0 Å². The van der Waals surface area contributed by atoms with Crippen molar-refractivity contribution in [2.75, 3.05) is 26.3 Å². The number of amides is 1. The van der Waals surface area contributed by atoms with Crippen molar-refractivity contribution < 1.29 is 23.8 Å². The van der Waals surface area contributed by atoms with Gasteiger partial charge in [-0.15, -0.1) is 0 Å². The first-order valence-corrected chi connectivity index (χ1v) is 7.79. The van der Waals surface area contributed by atoms with E-state index in [1.807, 2.05) is 6.92 Å². The highest BCUT2D eigenvalue weighted by Crippen LogP contribution is 2.17. The van der Waals surface area contributed by atoms with Crippen LogP contribution in [-0.4, -0.2) is 48.2 Å². The average Bonchev–Trinajstić information content (AvgIpc) is 2.52. The van der Waals surface area contributed by atoms with Gasteiger partial charge in [0.1, 0.15) is 5.82 Å². The molecular weight excluding hydrogens is 325 g/mol. The summed E-state index contributed by atoms with van der Waals surface area (Å²) in [6.45, 7) is 4.81. The molecule has 1 atom stereocenters. The van der Waals surface area contributed by atoms with Gasteiger partial charge in [-0.25, -0.2) is 4.39 Å². The van der Waals surface area contributed by atoms with Crippen molar-refractivity contribution in [2.24, 2.45) is 5.92 Å². The second-order valence-electron chi connectivity index (χ2n) is 5.17. The van der Waals surface area contributed by atoms with E-state index in [1.165, 1.54) is 24.0 Å². The van der Waals surface area contributed by atoms with Crippen LogP contribution in [0.15, 0.2) is 18.2 Å². The van der Waals surface area contributed by atoms with Gasteiger partial charge >= 0.3 is 5.97 Å². The number of carbonyl (C=O) groups is 2. The molecule has 0 saturated carbocycles. The van der Waals surface area contributed by atoms with E-state index in [-0.39, 0.29) is 17.1 Å². The lowest BCUT2D eigenvalue weighted by molar-refractivity contribution is -0.141. The zero-order chi connectivity index (χ0) is 17.4. The fourth-order valence-corrected chi connectivity index (χ4v) is 2.12. The molecule has 0 aromatic heterocycles. The molecule has 0 heterocycles. The Kier molecular flexibility index (Phi) is 7.98. The summed E-state index contributed by atoms with van der Waals surface area (Å²) in [5.41, 5.74) is 0.140. The number of halogens is 2. The Morgan fingerprint density at radius 3 is 2.70 bits per heavy atom. The van der Waals surface area contributed by atoms with E-state index < -0.39 is 23.6 Å². The predicted molar refractivity (Wildman–Crippen MR) is 85.2 cm³/mol.